The second-order valence-corrected chi connectivity index (χ2v) is 8.50. The quantitative estimate of drug-likeness (QED) is 0.255. The minimum absolute atomic E-state index is 0.0498. The molecule has 0 saturated heterocycles. The molecule has 4 rings (SSSR count). The number of aryl methyl sites for hydroxylation is 2. The molecule has 1 atom stereocenters. The third-order valence-corrected chi connectivity index (χ3v) is 5.99. The molecule has 0 unspecified atom stereocenters. The number of fused-ring (bicyclic) bond motifs is 2. The number of carbonyl (C=O) groups is 4. The number of aromatic nitrogens is 4. The van der Waals surface area contributed by atoms with Crippen LogP contribution in [-0.4, -0.2) is 57.1 Å². The minimum atomic E-state index is -0.514. The molecule has 12 nitrogen and oxygen atoms in total. The molecular weight excluding hydrogens is 527 g/mol. The summed E-state index contributed by atoms with van der Waals surface area (Å²) >= 11 is 10.6. The lowest BCUT2D eigenvalue weighted by Gasteiger charge is -2.14. The number of nitrogens with one attached hydrogen (secondary N) is 2. The van der Waals surface area contributed by atoms with Crippen LogP contribution in [0.5, 0.6) is 0 Å². The van der Waals surface area contributed by atoms with Crippen molar-refractivity contribution in [1.29, 1.82) is 0 Å². The maximum atomic E-state index is 12.9. The van der Waals surface area contributed by atoms with Gasteiger partial charge in [-0.05, 0) is 47.7 Å². The van der Waals surface area contributed by atoms with Crippen molar-refractivity contribution in [2.24, 2.45) is 7.05 Å². The lowest BCUT2D eigenvalue weighted by Crippen LogP contribution is -2.28. The van der Waals surface area contributed by atoms with E-state index in [0.717, 1.165) is 24.0 Å². The second kappa shape index (κ2) is 12.5. The Morgan fingerprint density at radius 3 is 2.54 bits per heavy atom. The number of methoxy groups -OCH3 is 2. The van der Waals surface area contributed by atoms with Gasteiger partial charge in [-0.2, -0.15) is 5.10 Å². The highest BCUT2D eigenvalue weighted by Gasteiger charge is 2.27. The first kappa shape index (κ1) is 27.8. The van der Waals surface area contributed by atoms with Crippen LogP contribution in [-0.2, 0) is 32.5 Å². The van der Waals surface area contributed by atoms with E-state index in [1.54, 1.807) is 13.1 Å². The Hall–Kier alpha value is -3.77. The van der Waals surface area contributed by atoms with Gasteiger partial charge in [0.15, 0.2) is 11.5 Å². The Morgan fingerprint density at radius 2 is 1.89 bits per heavy atom. The summed E-state index contributed by atoms with van der Waals surface area (Å²) < 4.78 is 10.5. The van der Waals surface area contributed by atoms with Gasteiger partial charge in [-0.25, -0.2) is 14.8 Å². The molecule has 1 amide bonds. The predicted octanol–water partition coefficient (Wildman–Crippen LogP) is 2.84. The molecule has 0 saturated carbocycles. The molecule has 2 heterocycles. The zero-order chi connectivity index (χ0) is 27.1. The first-order valence-corrected chi connectivity index (χ1v) is 11.8. The van der Waals surface area contributed by atoms with Gasteiger partial charge in [-0.3, -0.25) is 23.9 Å². The van der Waals surface area contributed by atoms with Gasteiger partial charge in [0.1, 0.15) is 17.4 Å². The van der Waals surface area contributed by atoms with Crippen molar-refractivity contribution < 1.29 is 28.7 Å². The molecule has 0 fully saturated rings. The number of carbonyl (C=O) groups excluding carboxylic acids is 4. The fourth-order valence-corrected chi connectivity index (χ4v) is 4.10. The first-order valence-electron chi connectivity index (χ1n) is 11.0. The van der Waals surface area contributed by atoms with E-state index in [1.807, 2.05) is 12.1 Å². The average Bonchev–Trinajstić information content (AvgIpc) is 3.46. The fraction of sp³-hybridized carbons (Fsp3) is 0.348. The highest BCUT2D eigenvalue weighted by Crippen LogP contribution is 2.32. The zero-order valence-corrected chi connectivity index (χ0v) is 21.7. The topological polar surface area (TPSA) is 154 Å². The predicted molar refractivity (Wildman–Crippen MR) is 134 cm³/mol. The lowest BCUT2D eigenvalue weighted by atomic mass is 10.0. The van der Waals surface area contributed by atoms with Gasteiger partial charge in [0.2, 0.25) is 5.24 Å². The van der Waals surface area contributed by atoms with E-state index < -0.39 is 11.2 Å². The molecule has 0 spiro atoms. The van der Waals surface area contributed by atoms with E-state index in [4.69, 9.17) is 28.1 Å². The van der Waals surface area contributed by atoms with E-state index in [0.29, 0.717) is 22.4 Å². The van der Waals surface area contributed by atoms with Gasteiger partial charge in [-0.15, -0.1) is 0 Å². The number of benzene rings is 1. The van der Waals surface area contributed by atoms with Crippen LogP contribution < -0.4 is 10.2 Å². The Labute approximate surface area is 221 Å². The molecule has 0 radical (unpaired) electrons. The van der Waals surface area contributed by atoms with Crippen molar-refractivity contribution in [3.8, 4) is 0 Å². The van der Waals surface area contributed by atoms with Crippen molar-refractivity contribution >= 4 is 63.3 Å². The van der Waals surface area contributed by atoms with Crippen LogP contribution in [0.3, 0.4) is 0 Å². The van der Waals surface area contributed by atoms with E-state index in [9.17, 15) is 19.2 Å². The number of amides is 1. The van der Waals surface area contributed by atoms with Crippen LogP contribution in [0.15, 0.2) is 24.5 Å². The Bertz CT molecular complexity index is 1340. The summed E-state index contributed by atoms with van der Waals surface area (Å²) in [6.45, 7) is 0. The van der Waals surface area contributed by atoms with Crippen LogP contribution in [0.1, 0.15) is 57.3 Å². The number of esters is 2. The molecule has 196 valence electrons. The van der Waals surface area contributed by atoms with Gasteiger partial charge in [0, 0.05) is 25.2 Å². The minimum Gasteiger partial charge on any atom is -0.469 e. The van der Waals surface area contributed by atoms with Gasteiger partial charge in [0.05, 0.1) is 32.2 Å². The number of nitrogens with zero attached hydrogens (tertiary/aromatic N) is 4. The molecule has 1 aliphatic rings. The molecule has 0 bridgehead atoms. The molecule has 3 aromatic rings. The van der Waals surface area contributed by atoms with Gasteiger partial charge in [-0.1, -0.05) is 6.07 Å². The third-order valence-electron chi connectivity index (χ3n) is 5.63. The Kier molecular flexibility index (Phi) is 9.36. The van der Waals surface area contributed by atoms with Crippen LogP contribution >= 0.6 is 23.4 Å². The SMILES string of the molecule is COC(=O)CCC(=O)Cl.COC(=O)c1ccc2c(c1)CC[C@@H]2NC(=O)c1ncnc2c(NCl)nn(C)c12. The smallest absolute Gasteiger partial charge is 0.337 e. The number of halogens is 2. The van der Waals surface area contributed by atoms with Gasteiger partial charge in [0.25, 0.3) is 5.91 Å². The zero-order valence-electron chi connectivity index (χ0n) is 20.2. The van der Waals surface area contributed by atoms with E-state index in [2.05, 4.69) is 30.0 Å². The maximum Gasteiger partial charge on any atom is 0.337 e. The van der Waals surface area contributed by atoms with Crippen LogP contribution in [0.25, 0.3) is 11.0 Å². The summed E-state index contributed by atoms with van der Waals surface area (Å²) in [5, 5.41) is 6.71. The normalized spacial score (nSPS) is 13.7. The number of rotatable bonds is 7. The highest BCUT2D eigenvalue weighted by molar-refractivity contribution is 6.63. The molecule has 2 N–H and O–H groups in total. The largest absolute Gasteiger partial charge is 0.469 e. The molecular formula is C23H24Cl2N6O6. The highest BCUT2D eigenvalue weighted by atomic mass is 35.5. The van der Waals surface area contributed by atoms with Crippen molar-refractivity contribution in [3.05, 3.63) is 46.9 Å². The second-order valence-electron chi connectivity index (χ2n) is 7.89. The Balaban J connectivity index is 0.000000364. The molecule has 1 aromatic carbocycles. The first-order chi connectivity index (χ1) is 17.7. The monoisotopic (exact) mass is 550 g/mol. The van der Waals surface area contributed by atoms with Crippen LogP contribution in [0, 0.1) is 0 Å². The Morgan fingerprint density at radius 1 is 1.14 bits per heavy atom. The van der Waals surface area contributed by atoms with Crippen molar-refractivity contribution in [3.63, 3.8) is 0 Å². The molecule has 2 aromatic heterocycles. The van der Waals surface area contributed by atoms with Crippen molar-refractivity contribution in [1.82, 2.24) is 25.1 Å². The summed E-state index contributed by atoms with van der Waals surface area (Å²) in [6, 6.07) is 5.21. The molecule has 1 aliphatic carbocycles. The summed E-state index contributed by atoms with van der Waals surface area (Å²) in [4.78, 5) is 55.7. The van der Waals surface area contributed by atoms with Crippen LogP contribution in [0.2, 0.25) is 0 Å². The fourth-order valence-electron chi connectivity index (χ4n) is 3.88. The summed E-state index contributed by atoms with van der Waals surface area (Å²) in [5.41, 5.74) is 3.68. The molecule has 14 heteroatoms. The number of hydrogen-bond donors (Lipinski definition) is 2. The molecule has 37 heavy (non-hydrogen) atoms. The lowest BCUT2D eigenvalue weighted by molar-refractivity contribution is -0.141. The summed E-state index contributed by atoms with van der Waals surface area (Å²) in [5.74, 6) is -0.758. The van der Waals surface area contributed by atoms with Crippen LogP contribution in [0.4, 0.5) is 5.82 Å². The van der Waals surface area contributed by atoms with Crippen molar-refractivity contribution in [2.75, 3.05) is 19.1 Å². The van der Waals surface area contributed by atoms with E-state index in [-0.39, 0.29) is 36.5 Å². The van der Waals surface area contributed by atoms with E-state index >= 15 is 0 Å². The third kappa shape index (κ3) is 6.52. The standard InChI is InChI=1S/C18H17ClN6O3.C5H7ClO3/c1-25-15-13(16(23-19)24-25)20-8-21-14(15)17(26)22-12-6-4-9-7-10(18(27)28-2)3-5-11(9)12;1-9-5(8)3-2-4(6)7/h3,5,7-8,12H,4,6H2,1-2H3,(H,22,26)(H,23,24);2-3H2,1H3/t12-;/m0./s1. The van der Waals surface area contributed by atoms with E-state index in [1.165, 1.54) is 25.2 Å². The summed E-state index contributed by atoms with van der Waals surface area (Å²) in [6.07, 6.45) is 2.92. The van der Waals surface area contributed by atoms with Gasteiger partial charge < -0.3 is 14.8 Å². The summed E-state index contributed by atoms with van der Waals surface area (Å²) in [7, 11) is 4.31. The number of anilines is 1. The maximum absolute atomic E-state index is 12.9. The number of hydrogen-bond acceptors (Lipinski definition) is 10. The number of ether oxygens (including phenoxy) is 2. The van der Waals surface area contributed by atoms with Crippen molar-refractivity contribution in [2.45, 2.75) is 31.7 Å². The van der Waals surface area contributed by atoms with Gasteiger partial charge >= 0.3 is 11.9 Å². The average molecular weight is 551 g/mol. The molecule has 0 aliphatic heterocycles.